The molecule has 5 rings (SSSR count). The number of hydrogen-bond acceptors (Lipinski definition) is 8. The van der Waals surface area contributed by atoms with Crippen molar-refractivity contribution < 1.29 is 39.6 Å². The summed E-state index contributed by atoms with van der Waals surface area (Å²) in [6, 6.07) is 8.61. The van der Waals surface area contributed by atoms with Crippen LogP contribution in [0.5, 0.6) is 5.75 Å². The Morgan fingerprint density at radius 3 is 2.14 bits per heavy atom. The SMILES string of the molecule is CC(=O)C1=C(O)[C@]2(O)C(=O)C3=C(O)c4c(O)c(-c5cccc(C(C)=O)c5)cc(C(C)C)c4C[C@]3(C)C[C@]2(C)C(C(C)C)C1=O. The molecule has 4 N–H and O–H groups in total. The maximum Gasteiger partial charge on any atom is 0.203 e. The topological polar surface area (TPSA) is 149 Å². The molecule has 3 aliphatic carbocycles. The number of benzene rings is 2. The molecule has 0 saturated heterocycles. The number of allylic oxidation sites excluding steroid dienone is 1. The van der Waals surface area contributed by atoms with E-state index in [1.54, 1.807) is 52.0 Å². The summed E-state index contributed by atoms with van der Waals surface area (Å²) in [7, 11) is 0. The normalized spacial score (nSPS) is 28.3. The van der Waals surface area contributed by atoms with Crippen LogP contribution >= 0.6 is 0 Å². The smallest absolute Gasteiger partial charge is 0.203 e. The van der Waals surface area contributed by atoms with Crippen molar-refractivity contribution in [1.82, 2.24) is 0 Å². The highest BCUT2D eigenvalue weighted by Gasteiger charge is 2.72. The van der Waals surface area contributed by atoms with Crippen molar-refractivity contribution in [1.29, 1.82) is 0 Å². The maximum atomic E-state index is 14.6. The summed E-state index contributed by atoms with van der Waals surface area (Å²) >= 11 is 0. The number of fused-ring (bicyclic) bond motifs is 3. The molecule has 0 aromatic heterocycles. The fourth-order valence-corrected chi connectivity index (χ4v) is 8.45. The van der Waals surface area contributed by atoms with Crippen LogP contribution < -0.4 is 0 Å². The van der Waals surface area contributed by atoms with Crippen LogP contribution in [0.4, 0.5) is 0 Å². The molecule has 3 aliphatic rings. The third-order valence-electron chi connectivity index (χ3n) is 10.2. The third kappa shape index (κ3) is 3.99. The van der Waals surface area contributed by atoms with Gasteiger partial charge in [0.2, 0.25) is 5.78 Å². The molecular formula is C36H40O8. The van der Waals surface area contributed by atoms with Crippen molar-refractivity contribution in [2.75, 3.05) is 0 Å². The number of aliphatic hydroxyl groups is 3. The number of phenolic OH excluding ortho intramolecular Hbond substituents is 1. The Morgan fingerprint density at radius 1 is 0.955 bits per heavy atom. The van der Waals surface area contributed by atoms with E-state index >= 15 is 0 Å². The van der Waals surface area contributed by atoms with Crippen molar-refractivity contribution in [3.05, 3.63) is 69.5 Å². The molecule has 1 fully saturated rings. The van der Waals surface area contributed by atoms with E-state index < -0.39 is 62.7 Å². The molecule has 0 amide bonds. The Balaban J connectivity index is 1.85. The molecule has 4 atom stereocenters. The van der Waals surface area contributed by atoms with Gasteiger partial charge in [0, 0.05) is 33.4 Å². The molecule has 8 nitrogen and oxygen atoms in total. The number of Topliss-reactive ketones (excluding diaryl/α,β-unsaturated/α-hetero) is 4. The molecular weight excluding hydrogens is 560 g/mol. The third-order valence-corrected chi connectivity index (χ3v) is 10.2. The average molecular weight is 601 g/mol. The second kappa shape index (κ2) is 9.99. The van der Waals surface area contributed by atoms with E-state index in [1.165, 1.54) is 6.92 Å². The van der Waals surface area contributed by atoms with E-state index in [4.69, 9.17) is 0 Å². The summed E-state index contributed by atoms with van der Waals surface area (Å²) < 4.78 is 0. The van der Waals surface area contributed by atoms with Crippen LogP contribution in [-0.2, 0) is 20.8 Å². The minimum atomic E-state index is -2.67. The zero-order valence-corrected chi connectivity index (χ0v) is 26.5. The van der Waals surface area contributed by atoms with Crippen molar-refractivity contribution in [2.45, 2.75) is 79.8 Å². The van der Waals surface area contributed by atoms with Gasteiger partial charge in [0.05, 0.1) is 5.56 Å². The van der Waals surface area contributed by atoms with Gasteiger partial charge in [-0.05, 0) is 67.3 Å². The number of carbonyl (C=O) groups is 4. The number of aliphatic hydroxyl groups excluding tert-OH is 2. The van der Waals surface area contributed by atoms with Crippen LogP contribution in [0.3, 0.4) is 0 Å². The first-order chi connectivity index (χ1) is 20.3. The molecule has 0 aliphatic heterocycles. The van der Waals surface area contributed by atoms with Crippen molar-refractivity contribution >= 4 is 28.9 Å². The van der Waals surface area contributed by atoms with Crippen molar-refractivity contribution in [3.63, 3.8) is 0 Å². The molecule has 1 unspecified atom stereocenters. The Morgan fingerprint density at radius 2 is 1.59 bits per heavy atom. The van der Waals surface area contributed by atoms with Crippen molar-refractivity contribution in [2.24, 2.45) is 22.7 Å². The van der Waals surface area contributed by atoms with E-state index in [-0.39, 0.29) is 41.4 Å². The highest BCUT2D eigenvalue weighted by atomic mass is 16.3. The standard InChI is InChI=1S/C36H40O8/c1-16(2)22-13-23(21-11-9-10-20(12-21)18(5)37)29(39)26-24(22)14-34(7)15-35(8)27(17(3)4)30(40)25(19(6)38)32(42)36(35,44)33(43)28(34)31(26)41/h9-13,16-17,27,39,41-42,44H,14-15H2,1-8H3/t27?,34-,35-,36+/m1/s1. The van der Waals surface area contributed by atoms with Gasteiger partial charge in [-0.25, -0.2) is 0 Å². The minimum absolute atomic E-state index is 0.0333. The highest BCUT2D eigenvalue weighted by Crippen LogP contribution is 2.65. The first-order valence-corrected chi connectivity index (χ1v) is 15.0. The Labute approximate surface area is 257 Å². The number of phenols is 1. The first kappa shape index (κ1) is 31.4. The number of ketones is 4. The molecule has 44 heavy (non-hydrogen) atoms. The largest absolute Gasteiger partial charge is 0.508 e. The monoisotopic (exact) mass is 600 g/mol. The van der Waals surface area contributed by atoms with E-state index in [2.05, 4.69) is 0 Å². The highest BCUT2D eigenvalue weighted by molar-refractivity contribution is 6.24. The molecule has 1 saturated carbocycles. The van der Waals surface area contributed by atoms with Gasteiger partial charge >= 0.3 is 0 Å². The van der Waals surface area contributed by atoms with Crippen molar-refractivity contribution in [3.8, 4) is 16.9 Å². The van der Waals surface area contributed by atoms with Gasteiger partial charge in [-0.3, -0.25) is 19.2 Å². The van der Waals surface area contributed by atoms with Crippen LogP contribution in [0.1, 0.15) is 94.8 Å². The number of hydrogen-bond donors (Lipinski definition) is 4. The maximum absolute atomic E-state index is 14.6. The average Bonchev–Trinajstić information content (AvgIpc) is 2.90. The summed E-state index contributed by atoms with van der Waals surface area (Å²) in [5.74, 6) is -5.75. The van der Waals surface area contributed by atoms with Crippen LogP contribution in [0, 0.1) is 22.7 Å². The summed E-state index contributed by atoms with van der Waals surface area (Å²) in [5.41, 5.74) is -3.17. The van der Waals surface area contributed by atoms with E-state index in [9.17, 15) is 39.6 Å². The fraction of sp³-hybridized carbons (Fsp3) is 0.444. The summed E-state index contributed by atoms with van der Waals surface area (Å²) in [6.07, 6.45) is 0.239. The second-order valence-electron chi connectivity index (χ2n) is 14.0. The van der Waals surface area contributed by atoms with Gasteiger partial charge < -0.3 is 20.4 Å². The zero-order chi connectivity index (χ0) is 32.8. The molecule has 0 spiro atoms. The summed E-state index contributed by atoms with van der Waals surface area (Å²) in [4.78, 5) is 53.0. The number of rotatable bonds is 5. The van der Waals surface area contributed by atoms with Gasteiger partial charge in [-0.15, -0.1) is 0 Å². The number of aromatic hydroxyl groups is 1. The Hall–Kier alpha value is -4.04. The van der Waals surface area contributed by atoms with Crippen LogP contribution in [0.2, 0.25) is 0 Å². The van der Waals surface area contributed by atoms with Gasteiger partial charge in [-0.2, -0.15) is 0 Å². The molecule has 2 aromatic rings. The zero-order valence-electron chi connectivity index (χ0n) is 26.5. The lowest BCUT2D eigenvalue weighted by molar-refractivity contribution is -0.178. The molecule has 232 valence electrons. The summed E-state index contributed by atoms with van der Waals surface area (Å²) in [6.45, 7) is 13.4. The minimum Gasteiger partial charge on any atom is -0.508 e. The Bertz CT molecular complexity index is 1740. The molecule has 0 radical (unpaired) electrons. The van der Waals surface area contributed by atoms with E-state index in [0.717, 1.165) is 12.5 Å². The lowest BCUT2D eigenvalue weighted by Crippen LogP contribution is -2.69. The molecule has 8 heteroatoms. The predicted molar refractivity (Wildman–Crippen MR) is 165 cm³/mol. The first-order valence-electron chi connectivity index (χ1n) is 15.0. The quantitative estimate of drug-likeness (QED) is 0.235. The lowest BCUT2D eigenvalue weighted by Gasteiger charge is -2.59. The predicted octanol–water partition coefficient (Wildman–Crippen LogP) is 6.18. The fourth-order valence-electron chi connectivity index (χ4n) is 8.45. The lowest BCUT2D eigenvalue weighted by atomic mass is 9.43. The van der Waals surface area contributed by atoms with Crippen LogP contribution in [-0.4, -0.2) is 49.2 Å². The summed E-state index contributed by atoms with van der Waals surface area (Å²) in [5, 5.41) is 47.4. The van der Waals surface area contributed by atoms with Crippen LogP contribution in [0.25, 0.3) is 16.9 Å². The second-order valence-corrected chi connectivity index (χ2v) is 14.0. The van der Waals surface area contributed by atoms with Gasteiger partial charge in [-0.1, -0.05) is 59.7 Å². The Kier molecular flexibility index (Phi) is 7.13. The van der Waals surface area contributed by atoms with Gasteiger partial charge in [0.25, 0.3) is 0 Å². The van der Waals surface area contributed by atoms with E-state index in [0.29, 0.717) is 22.3 Å². The molecule has 0 heterocycles. The molecule has 2 aromatic carbocycles. The van der Waals surface area contributed by atoms with E-state index in [1.807, 2.05) is 19.9 Å². The van der Waals surface area contributed by atoms with Gasteiger partial charge in [0.1, 0.15) is 22.8 Å². The van der Waals surface area contributed by atoms with Crippen LogP contribution in [0.15, 0.2) is 47.2 Å². The van der Waals surface area contributed by atoms with Gasteiger partial charge in [0.15, 0.2) is 23.0 Å². The molecule has 0 bridgehead atoms. The number of carbonyl (C=O) groups excluding carboxylic acids is 4.